The molecule has 0 amide bonds. The number of nitrogens with zero attached hydrogens (tertiary/aromatic N) is 1. The van der Waals surface area contributed by atoms with E-state index >= 15 is 0 Å². The van der Waals surface area contributed by atoms with Gasteiger partial charge in [0.25, 0.3) is 0 Å². The molecule has 2 N–H and O–H groups in total. The van der Waals surface area contributed by atoms with Crippen molar-refractivity contribution in [2.45, 2.75) is 32.9 Å². The van der Waals surface area contributed by atoms with Gasteiger partial charge in [0.1, 0.15) is 5.82 Å². The van der Waals surface area contributed by atoms with E-state index in [9.17, 15) is 0 Å². The van der Waals surface area contributed by atoms with Gasteiger partial charge in [-0.15, -0.1) is 11.3 Å². The van der Waals surface area contributed by atoms with Crippen molar-refractivity contribution in [1.82, 2.24) is 15.3 Å². The fourth-order valence-electron chi connectivity index (χ4n) is 1.74. The van der Waals surface area contributed by atoms with Crippen LogP contribution in [0.5, 0.6) is 0 Å². The number of aromatic amines is 1. The number of H-pyrrole nitrogens is 1. The molecule has 16 heavy (non-hydrogen) atoms. The molecule has 0 bridgehead atoms. The zero-order chi connectivity index (χ0) is 11.5. The molecule has 0 spiro atoms. The van der Waals surface area contributed by atoms with Crippen molar-refractivity contribution in [3.05, 3.63) is 40.1 Å². The first-order valence-corrected chi connectivity index (χ1v) is 6.30. The van der Waals surface area contributed by atoms with Crippen LogP contribution in [0.3, 0.4) is 0 Å². The van der Waals surface area contributed by atoms with Gasteiger partial charge in [-0.25, -0.2) is 4.98 Å². The Morgan fingerprint density at radius 3 is 2.69 bits per heavy atom. The van der Waals surface area contributed by atoms with Gasteiger partial charge in [-0.1, -0.05) is 0 Å². The van der Waals surface area contributed by atoms with Gasteiger partial charge in [-0.05, 0) is 32.9 Å². The first-order valence-electron chi connectivity index (χ1n) is 5.48. The van der Waals surface area contributed by atoms with Gasteiger partial charge in [0, 0.05) is 28.2 Å². The van der Waals surface area contributed by atoms with E-state index in [-0.39, 0.29) is 6.04 Å². The molecule has 86 valence electrons. The van der Waals surface area contributed by atoms with Gasteiger partial charge in [-0.2, -0.15) is 0 Å². The Labute approximate surface area is 99.9 Å². The van der Waals surface area contributed by atoms with Crippen LogP contribution in [0.1, 0.15) is 41.5 Å². The molecule has 0 radical (unpaired) electrons. The van der Waals surface area contributed by atoms with E-state index in [2.05, 4.69) is 48.2 Å². The first-order chi connectivity index (χ1) is 7.66. The Bertz CT molecular complexity index is 433. The maximum Gasteiger partial charge on any atom is 0.122 e. The molecule has 4 heteroatoms. The fourth-order valence-corrected chi connectivity index (χ4v) is 2.63. The minimum atomic E-state index is 0.243. The lowest BCUT2D eigenvalue weighted by Gasteiger charge is -2.17. The summed E-state index contributed by atoms with van der Waals surface area (Å²) < 4.78 is 0. The van der Waals surface area contributed by atoms with E-state index in [1.165, 1.54) is 9.75 Å². The molecule has 2 aromatic heterocycles. The summed E-state index contributed by atoms with van der Waals surface area (Å²) in [5.41, 5.74) is 0. The van der Waals surface area contributed by atoms with Crippen LogP contribution in [0.25, 0.3) is 0 Å². The van der Waals surface area contributed by atoms with E-state index in [1.54, 1.807) is 6.20 Å². The number of nitrogens with one attached hydrogen (secondary N) is 2. The van der Waals surface area contributed by atoms with E-state index in [0.717, 1.165) is 5.82 Å². The number of hydrogen-bond donors (Lipinski definition) is 2. The zero-order valence-corrected chi connectivity index (χ0v) is 10.6. The van der Waals surface area contributed by atoms with E-state index in [1.807, 2.05) is 17.5 Å². The van der Waals surface area contributed by atoms with Crippen LogP contribution in [-0.4, -0.2) is 9.97 Å². The Kier molecular flexibility index (Phi) is 3.41. The molecule has 0 saturated heterocycles. The van der Waals surface area contributed by atoms with E-state index in [4.69, 9.17) is 0 Å². The van der Waals surface area contributed by atoms with Crippen LogP contribution < -0.4 is 5.32 Å². The Hall–Kier alpha value is -1.13. The lowest BCUT2D eigenvalue weighted by molar-refractivity contribution is 0.484. The largest absolute Gasteiger partial charge is 0.347 e. The van der Waals surface area contributed by atoms with Gasteiger partial charge >= 0.3 is 0 Å². The summed E-state index contributed by atoms with van der Waals surface area (Å²) in [4.78, 5) is 10.1. The van der Waals surface area contributed by atoms with Crippen LogP contribution in [0.4, 0.5) is 0 Å². The van der Waals surface area contributed by atoms with Crippen molar-refractivity contribution < 1.29 is 0 Å². The van der Waals surface area contributed by atoms with Crippen molar-refractivity contribution in [1.29, 1.82) is 0 Å². The van der Waals surface area contributed by atoms with Crippen LogP contribution in [0.2, 0.25) is 0 Å². The highest BCUT2D eigenvalue weighted by atomic mass is 32.1. The number of thiophene rings is 1. The lowest BCUT2D eigenvalue weighted by Crippen LogP contribution is -2.22. The summed E-state index contributed by atoms with van der Waals surface area (Å²) >= 11 is 1.84. The van der Waals surface area contributed by atoms with Gasteiger partial charge in [-0.3, -0.25) is 0 Å². The molecule has 0 aliphatic rings. The van der Waals surface area contributed by atoms with Crippen molar-refractivity contribution >= 4 is 11.3 Å². The molecule has 2 unspecified atom stereocenters. The first kappa shape index (κ1) is 11.4. The van der Waals surface area contributed by atoms with E-state index in [0.29, 0.717) is 6.04 Å². The second-order valence-corrected chi connectivity index (χ2v) is 5.35. The zero-order valence-electron chi connectivity index (χ0n) is 9.82. The molecule has 0 aliphatic heterocycles. The molecule has 3 nitrogen and oxygen atoms in total. The topological polar surface area (TPSA) is 40.7 Å². The summed E-state index contributed by atoms with van der Waals surface area (Å²) in [5, 5.41) is 3.53. The Morgan fingerprint density at radius 2 is 2.12 bits per heavy atom. The molecule has 2 heterocycles. The van der Waals surface area contributed by atoms with Crippen molar-refractivity contribution in [3.8, 4) is 0 Å². The molecule has 2 aromatic rings. The van der Waals surface area contributed by atoms with Crippen molar-refractivity contribution in [2.75, 3.05) is 0 Å². The Morgan fingerprint density at radius 1 is 1.31 bits per heavy atom. The predicted octanol–water partition coefficient (Wildman–Crippen LogP) is 3.19. The van der Waals surface area contributed by atoms with Gasteiger partial charge in [0.05, 0.1) is 6.04 Å². The third kappa shape index (κ3) is 2.51. The van der Waals surface area contributed by atoms with Crippen LogP contribution in [0, 0.1) is 6.92 Å². The van der Waals surface area contributed by atoms with Crippen LogP contribution >= 0.6 is 11.3 Å². The summed E-state index contributed by atoms with van der Waals surface area (Å²) in [5.74, 6) is 0.986. The fraction of sp³-hybridized carbons (Fsp3) is 0.417. The average Bonchev–Trinajstić information content (AvgIpc) is 2.87. The van der Waals surface area contributed by atoms with E-state index < -0.39 is 0 Å². The highest BCUT2D eigenvalue weighted by Crippen LogP contribution is 2.24. The summed E-state index contributed by atoms with van der Waals surface area (Å²) in [7, 11) is 0. The second kappa shape index (κ2) is 4.80. The maximum atomic E-state index is 4.25. The highest BCUT2D eigenvalue weighted by Gasteiger charge is 2.13. The quantitative estimate of drug-likeness (QED) is 0.854. The number of aryl methyl sites for hydroxylation is 1. The average molecular weight is 235 g/mol. The highest BCUT2D eigenvalue weighted by molar-refractivity contribution is 7.12. The molecule has 0 aromatic carbocycles. The van der Waals surface area contributed by atoms with Crippen LogP contribution in [0.15, 0.2) is 24.5 Å². The summed E-state index contributed by atoms with van der Waals surface area (Å²) in [6.07, 6.45) is 3.64. The molecule has 2 atom stereocenters. The number of aromatic nitrogens is 2. The molecule has 0 fully saturated rings. The lowest BCUT2D eigenvalue weighted by atomic mass is 10.2. The third-order valence-corrected chi connectivity index (χ3v) is 3.80. The second-order valence-electron chi connectivity index (χ2n) is 4.03. The Balaban J connectivity index is 2.00. The maximum absolute atomic E-state index is 4.25. The minimum absolute atomic E-state index is 0.243. The smallest absolute Gasteiger partial charge is 0.122 e. The molecule has 0 saturated carbocycles. The van der Waals surface area contributed by atoms with Crippen molar-refractivity contribution in [2.24, 2.45) is 0 Å². The molecular formula is C12H17N3S. The predicted molar refractivity (Wildman–Crippen MR) is 67.6 cm³/mol. The van der Waals surface area contributed by atoms with Crippen molar-refractivity contribution in [3.63, 3.8) is 0 Å². The summed E-state index contributed by atoms with van der Waals surface area (Å²) in [6.45, 7) is 6.44. The summed E-state index contributed by atoms with van der Waals surface area (Å²) in [6, 6.07) is 4.95. The van der Waals surface area contributed by atoms with Gasteiger partial charge < -0.3 is 10.3 Å². The normalized spacial score (nSPS) is 14.9. The third-order valence-electron chi connectivity index (χ3n) is 2.62. The number of rotatable bonds is 4. The molecular weight excluding hydrogens is 218 g/mol. The number of imidazole rings is 1. The van der Waals surface area contributed by atoms with Crippen LogP contribution in [-0.2, 0) is 0 Å². The molecule has 2 rings (SSSR count). The van der Waals surface area contributed by atoms with Gasteiger partial charge in [0.15, 0.2) is 0 Å². The molecule has 0 aliphatic carbocycles. The monoisotopic (exact) mass is 235 g/mol. The minimum Gasteiger partial charge on any atom is -0.347 e. The standard InChI is InChI=1S/C12H17N3S/c1-8-4-5-11(16-8)9(2)15-10(3)12-13-6-7-14-12/h4-7,9-10,15H,1-3H3,(H,13,14). The van der Waals surface area contributed by atoms with Gasteiger partial charge in [0.2, 0.25) is 0 Å². The SMILES string of the molecule is Cc1ccc(C(C)NC(C)c2ncc[nH]2)s1. The number of hydrogen-bond acceptors (Lipinski definition) is 3.